The smallest absolute Gasteiger partial charge is 0.264 e. The second-order valence-electron chi connectivity index (χ2n) is 7.74. The average molecular weight is 437 g/mol. The molecule has 8 heteroatoms. The first kappa shape index (κ1) is 23.7. The molecule has 1 N–H and O–H groups in total. The number of ether oxygens (including phenoxy) is 1. The Morgan fingerprint density at radius 3 is 2.00 bits per heavy atom. The van der Waals surface area contributed by atoms with E-state index in [-0.39, 0.29) is 22.8 Å². The van der Waals surface area contributed by atoms with Gasteiger partial charge in [0.05, 0.1) is 17.7 Å². The van der Waals surface area contributed by atoms with Crippen LogP contribution >= 0.6 is 0 Å². The number of nitrogens with one attached hydrogen (secondary N) is 1. The number of benzene rings is 2. The summed E-state index contributed by atoms with van der Waals surface area (Å²) in [5, 5.41) is 2.94. The van der Waals surface area contributed by atoms with Crippen LogP contribution in [0, 0.1) is 17.7 Å². The lowest BCUT2D eigenvalue weighted by Gasteiger charge is -2.29. The van der Waals surface area contributed by atoms with E-state index in [0.717, 1.165) is 16.4 Å². The quantitative estimate of drug-likeness (QED) is 0.648. The highest BCUT2D eigenvalue weighted by molar-refractivity contribution is 7.92. The lowest BCUT2D eigenvalue weighted by molar-refractivity contribution is -0.121. The number of hydrogen-bond donors (Lipinski definition) is 1. The highest BCUT2D eigenvalue weighted by atomic mass is 32.2. The molecule has 2 aromatic carbocycles. The van der Waals surface area contributed by atoms with Crippen molar-refractivity contribution < 1.29 is 22.3 Å². The zero-order chi connectivity index (χ0) is 22.5. The van der Waals surface area contributed by atoms with Crippen molar-refractivity contribution in [1.82, 2.24) is 5.32 Å². The fourth-order valence-corrected chi connectivity index (χ4v) is 4.68. The maximum atomic E-state index is 13.3. The molecule has 0 radical (unpaired) electrons. The van der Waals surface area contributed by atoms with Gasteiger partial charge in [0.15, 0.2) is 0 Å². The molecule has 2 rings (SSSR count). The van der Waals surface area contributed by atoms with E-state index in [1.807, 2.05) is 27.7 Å². The minimum Gasteiger partial charge on any atom is -0.497 e. The van der Waals surface area contributed by atoms with E-state index in [1.165, 1.54) is 19.2 Å². The normalized spacial score (nSPS) is 11.8. The molecular formula is C22H29FN2O4S. The maximum Gasteiger partial charge on any atom is 0.264 e. The van der Waals surface area contributed by atoms with Gasteiger partial charge < -0.3 is 10.1 Å². The van der Waals surface area contributed by atoms with Crippen molar-refractivity contribution in [2.45, 2.75) is 38.6 Å². The number of sulfonamides is 1. The summed E-state index contributed by atoms with van der Waals surface area (Å²) in [4.78, 5) is 12.7. The van der Waals surface area contributed by atoms with E-state index in [2.05, 4.69) is 5.32 Å². The van der Waals surface area contributed by atoms with Crippen molar-refractivity contribution in [2.75, 3.05) is 18.0 Å². The molecule has 6 nitrogen and oxygen atoms in total. The summed E-state index contributed by atoms with van der Waals surface area (Å²) in [7, 11) is -2.59. The van der Waals surface area contributed by atoms with Gasteiger partial charge in [-0.25, -0.2) is 12.8 Å². The molecule has 0 aliphatic rings. The van der Waals surface area contributed by atoms with Crippen LogP contribution in [0.1, 0.15) is 27.7 Å². The number of rotatable bonds is 9. The molecule has 0 bridgehead atoms. The number of methoxy groups -OCH3 is 1. The van der Waals surface area contributed by atoms with Gasteiger partial charge in [-0.15, -0.1) is 0 Å². The Labute approximate surface area is 178 Å². The van der Waals surface area contributed by atoms with Gasteiger partial charge in [0, 0.05) is 6.04 Å². The van der Waals surface area contributed by atoms with Crippen LogP contribution in [0.4, 0.5) is 10.1 Å². The number of halogens is 1. The van der Waals surface area contributed by atoms with Crippen molar-refractivity contribution in [2.24, 2.45) is 11.8 Å². The third-order valence-corrected chi connectivity index (χ3v) is 6.60. The first-order chi connectivity index (χ1) is 14.1. The van der Waals surface area contributed by atoms with E-state index < -0.39 is 28.3 Å². The molecule has 0 fully saturated rings. The summed E-state index contributed by atoms with van der Waals surface area (Å²) in [6, 6.07) is 10.8. The largest absolute Gasteiger partial charge is 0.497 e. The molecule has 0 spiro atoms. The molecule has 0 unspecified atom stereocenters. The highest BCUT2D eigenvalue weighted by Gasteiger charge is 2.29. The Bertz CT molecular complexity index is 934. The fraction of sp³-hybridized carbons (Fsp3) is 0.409. The van der Waals surface area contributed by atoms with Crippen LogP contribution < -0.4 is 14.4 Å². The third kappa shape index (κ3) is 5.72. The molecule has 1 amide bonds. The van der Waals surface area contributed by atoms with Crippen LogP contribution in [0.2, 0.25) is 0 Å². The van der Waals surface area contributed by atoms with E-state index >= 15 is 0 Å². The third-order valence-electron chi connectivity index (χ3n) is 4.81. The van der Waals surface area contributed by atoms with Gasteiger partial charge in [0.2, 0.25) is 5.91 Å². The van der Waals surface area contributed by atoms with Crippen molar-refractivity contribution >= 4 is 21.6 Å². The van der Waals surface area contributed by atoms with Crippen molar-refractivity contribution in [3.63, 3.8) is 0 Å². The Hall–Kier alpha value is -2.61. The summed E-state index contributed by atoms with van der Waals surface area (Å²) in [5.41, 5.74) is 0.306. The maximum absolute atomic E-state index is 13.3. The number of hydrogen-bond acceptors (Lipinski definition) is 4. The predicted molar refractivity (Wildman–Crippen MR) is 116 cm³/mol. The molecule has 0 heterocycles. The van der Waals surface area contributed by atoms with Crippen LogP contribution in [-0.2, 0) is 14.8 Å². The second-order valence-corrected chi connectivity index (χ2v) is 9.61. The molecule has 0 aliphatic carbocycles. The summed E-state index contributed by atoms with van der Waals surface area (Å²) < 4.78 is 46.0. The van der Waals surface area contributed by atoms with E-state index in [4.69, 9.17) is 4.74 Å². The predicted octanol–water partition coefficient (Wildman–Crippen LogP) is 3.83. The van der Waals surface area contributed by atoms with Crippen LogP contribution in [0.25, 0.3) is 0 Å². The standard InChI is InChI=1S/C22H29FN2O4S/c1-15(2)22(16(3)4)24-21(26)14-25(18-8-10-19(29-5)11-9-18)30(27,28)20-12-6-17(23)7-13-20/h6-13,15-16,22H,14H2,1-5H3,(H,24,26). The Morgan fingerprint density at radius 2 is 1.53 bits per heavy atom. The Morgan fingerprint density at radius 1 is 1.00 bits per heavy atom. The van der Waals surface area contributed by atoms with Gasteiger partial charge in [0.1, 0.15) is 18.1 Å². The minimum atomic E-state index is -4.10. The molecule has 0 saturated carbocycles. The monoisotopic (exact) mass is 436 g/mol. The number of amides is 1. The number of carbonyl (C=O) groups is 1. The van der Waals surface area contributed by atoms with Crippen molar-refractivity contribution in [3.8, 4) is 5.75 Å². The molecule has 0 aliphatic heterocycles. The number of nitrogens with zero attached hydrogens (tertiary/aromatic N) is 1. The van der Waals surface area contributed by atoms with E-state index in [1.54, 1.807) is 24.3 Å². The van der Waals surface area contributed by atoms with Gasteiger partial charge in [-0.3, -0.25) is 9.10 Å². The first-order valence-corrected chi connectivity index (χ1v) is 11.2. The van der Waals surface area contributed by atoms with Crippen molar-refractivity contribution in [3.05, 3.63) is 54.3 Å². The summed E-state index contributed by atoms with van der Waals surface area (Å²) in [6.45, 7) is 7.60. The molecule has 2 aromatic rings. The van der Waals surface area contributed by atoms with Crippen LogP contribution in [0.5, 0.6) is 5.75 Å². The van der Waals surface area contributed by atoms with Crippen LogP contribution in [-0.4, -0.2) is 34.0 Å². The average Bonchev–Trinajstić information content (AvgIpc) is 2.70. The topological polar surface area (TPSA) is 75.7 Å². The summed E-state index contributed by atoms with van der Waals surface area (Å²) >= 11 is 0. The van der Waals surface area contributed by atoms with Gasteiger partial charge in [-0.05, 0) is 60.4 Å². The van der Waals surface area contributed by atoms with Gasteiger partial charge in [-0.1, -0.05) is 27.7 Å². The molecule has 164 valence electrons. The highest BCUT2D eigenvalue weighted by Crippen LogP contribution is 2.26. The van der Waals surface area contributed by atoms with Gasteiger partial charge in [0.25, 0.3) is 10.0 Å². The lowest BCUT2D eigenvalue weighted by atomic mass is 9.93. The van der Waals surface area contributed by atoms with E-state index in [0.29, 0.717) is 11.4 Å². The summed E-state index contributed by atoms with van der Waals surface area (Å²) in [5.74, 6) is -0.0144. The molecular weight excluding hydrogens is 407 g/mol. The molecule has 30 heavy (non-hydrogen) atoms. The Kier molecular flexibility index (Phi) is 7.83. The minimum absolute atomic E-state index is 0.0938. The van der Waals surface area contributed by atoms with Gasteiger partial charge >= 0.3 is 0 Å². The second kappa shape index (κ2) is 9.93. The van der Waals surface area contributed by atoms with Crippen LogP contribution in [0.3, 0.4) is 0 Å². The van der Waals surface area contributed by atoms with Gasteiger partial charge in [-0.2, -0.15) is 0 Å². The fourth-order valence-electron chi connectivity index (χ4n) is 3.26. The summed E-state index contributed by atoms with van der Waals surface area (Å²) in [6.07, 6.45) is 0. The van der Waals surface area contributed by atoms with Crippen LogP contribution in [0.15, 0.2) is 53.4 Å². The zero-order valence-electron chi connectivity index (χ0n) is 17.9. The SMILES string of the molecule is COc1ccc(N(CC(=O)NC(C(C)C)C(C)C)S(=O)(=O)c2ccc(F)cc2)cc1. The molecule has 0 aromatic heterocycles. The zero-order valence-corrected chi connectivity index (χ0v) is 18.7. The Balaban J connectivity index is 2.40. The first-order valence-electron chi connectivity index (χ1n) is 9.78. The number of carbonyl (C=O) groups excluding carboxylic acids is 1. The molecule has 0 atom stereocenters. The number of anilines is 1. The van der Waals surface area contributed by atoms with E-state index in [9.17, 15) is 17.6 Å². The lowest BCUT2D eigenvalue weighted by Crippen LogP contribution is -2.47. The van der Waals surface area contributed by atoms with Crippen molar-refractivity contribution in [1.29, 1.82) is 0 Å². The molecule has 0 saturated heterocycles.